The smallest absolute Gasteiger partial charge is 0.343 e. The van der Waals surface area contributed by atoms with Gasteiger partial charge in [-0.2, -0.15) is 0 Å². The van der Waals surface area contributed by atoms with E-state index in [0.29, 0.717) is 5.56 Å². The van der Waals surface area contributed by atoms with E-state index in [1.165, 1.54) is 6.08 Å². The number of rotatable bonds is 2. The van der Waals surface area contributed by atoms with E-state index in [2.05, 4.69) is 4.74 Å². The first-order valence-electron chi connectivity index (χ1n) is 4.82. The minimum absolute atomic E-state index is 0.0243. The SMILES string of the molecule is Cc1ccccc1C(=O)OC1=CC(=O)OC1. The van der Waals surface area contributed by atoms with E-state index in [0.717, 1.165) is 5.56 Å². The Hall–Kier alpha value is -2.10. The van der Waals surface area contributed by atoms with Gasteiger partial charge in [-0.1, -0.05) is 18.2 Å². The van der Waals surface area contributed by atoms with Gasteiger partial charge in [0.05, 0.1) is 11.6 Å². The summed E-state index contributed by atoms with van der Waals surface area (Å²) >= 11 is 0. The van der Waals surface area contributed by atoms with Gasteiger partial charge in [0.1, 0.15) is 6.61 Å². The van der Waals surface area contributed by atoms with Gasteiger partial charge in [0.25, 0.3) is 0 Å². The first-order valence-corrected chi connectivity index (χ1v) is 4.82. The standard InChI is InChI=1S/C12H10O4/c1-8-4-2-3-5-10(8)12(14)16-9-6-11(13)15-7-9/h2-6H,7H2,1H3. The predicted molar refractivity (Wildman–Crippen MR) is 55.6 cm³/mol. The number of hydrogen-bond donors (Lipinski definition) is 0. The molecule has 0 fully saturated rings. The minimum Gasteiger partial charge on any atom is -0.454 e. The van der Waals surface area contributed by atoms with Crippen molar-refractivity contribution in [3.8, 4) is 0 Å². The number of carbonyl (C=O) groups is 2. The molecular weight excluding hydrogens is 208 g/mol. The first-order chi connectivity index (χ1) is 7.66. The maximum Gasteiger partial charge on any atom is 0.343 e. The molecule has 0 saturated heterocycles. The molecule has 1 aliphatic heterocycles. The zero-order chi connectivity index (χ0) is 11.5. The van der Waals surface area contributed by atoms with Crippen LogP contribution >= 0.6 is 0 Å². The zero-order valence-corrected chi connectivity index (χ0v) is 8.73. The van der Waals surface area contributed by atoms with Crippen LogP contribution in [0, 0.1) is 6.92 Å². The maximum atomic E-state index is 11.7. The van der Waals surface area contributed by atoms with Gasteiger partial charge < -0.3 is 9.47 Å². The quantitative estimate of drug-likeness (QED) is 0.707. The zero-order valence-electron chi connectivity index (χ0n) is 8.73. The molecule has 0 radical (unpaired) electrons. The molecule has 0 unspecified atom stereocenters. The Morgan fingerprint density at radius 2 is 2.12 bits per heavy atom. The molecule has 0 N–H and O–H groups in total. The van der Waals surface area contributed by atoms with Crippen molar-refractivity contribution in [3.05, 3.63) is 47.2 Å². The van der Waals surface area contributed by atoms with E-state index in [-0.39, 0.29) is 12.4 Å². The summed E-state index contributed by atoms with van der Waals surface area (Å²) < 4.78 is 9.65. The molecular formula is C12H10O4. The van der Waals surface area contributed by atoms with E-state index < -0.39 is 11.9 Å². The summed E-state index contributed by atoms with van der Waals surface area (Å²) in [5.41, 5.74) is 1.32. The fourth-order valence-corrected chi connectivity index (χ4v) is 1.39. The van der Waals surface area contributed by atoms with Crippen LogP contribution in [0.15, 0.2) is 36.1 Å². The van der Waals surface area contributed by atoms with Crippen molar-refractivity contribution in [1.82, 2.24) is 0 Å². The maximum absolute atomic E-state index is 11.7. The Balaban J connectivity index is 2.12. The number of cyclic esters (lactones) is 1. The van der Waals surface area contributed by atoms with E-state index >= 15 is 0 Å². The molecule has 2 rings (SSSR count). The fourth-order valence-electron chi connectivity index (χ4n) is 1.39. The summed E-state index contributed by atoms with van der Waals surface area (Å²) in [5, 5.41) is 0. The van der Waals surface area contributed by atoms with E-state index in [1.807, 2.05) is 19.1 Å². The second kappa shape index (κ2) is 4.18. The van der Waals surface area contributed by atoms with Crippen LogP contribution < -0.4 is 0 Å². The second-order valence-corrected chi connectivity index (χ2v) is 3.42. The topological polar surface area (TPSA) is 52.6 Å². The monoisotopic (exact) mass is 218 g/mol. The van der Waals surface area contributed by atoms with Gasteiger partial charge in [-0.05, 0) is 18.6 Å². The normalized spacial score (nSPS) is 14.3. The molecule has 16 heavy (non-hydrogen) atoms. The number of carbonyl (C=O) groups excluding carboxylic acids is 2. The van der Waals surface area contributed by atoms with Crippen LogP contribution in [-0.4, -0.2) is 18.5 Å². The van der Waals surface area contributed by atoms with Crippen LogP contribution in [0.3, 0.4) is 0 Å². The lowest BCUT2D eigenvalue weighted by Crippen LogP contribution is -2.07. The second-order valence-electron chi connectivity index (χ2n) is 3.42. The highest BCUT2D eigenvalue weighted by Crippen LogP contribution is 2.13. The van der Waals surface area contributed by atoms with Crippen LogP contribution in [0.5, 0.6) is 0 Å². The lowest BCUT2D eigenvalue weighted by atomic mass is 10.1. The summed E-state index contributed by atoms with van der Waals surface area (Å²) in [6.07, 6.45) is 1.18. The summed E-state index contributed by atoms with van der Waals surface area (Å²) in [4.78, 5) is 22.4. The number of esters is 2. The first kappa shape index (κ1) is 10.4. The molecule has 1 aromatic carbocycles. The van der Waals surface area contributed by atoms with Crippen molar-refractivity contribution < 1.29 is 19.1 Å². The number of aryl methyl sites for hydroxylation is 1. The summed E-state index contributed by atoms with van der Waals surface area (Å²) in [6.45, 7) is 1.84. The van der Waals surface area contributed by atoms with Gasteiger partial charge in [-0.15, -0.1) is 0 Å². The van der Waals surface area contributed by atoms with Crippen LogP contribution in [-0.2, 0) is 14.3 Å². The molecule has 0 atom stereocenters. The van der Waals surface area contributed by atoms with Crippen molar-refractivity contribution >= 4 is 11.9 Å². The average Bonchev–Trinajstić information content (AvgIpc) is 2.64. The average molecular weight is 218 g/mol. The highest BCUT2D eigenvalue weighted by atomic mass is 16.6. The highest BCUT2D eigenvalue weighted by Gasteiger charge is 2.18. The lowest BCUT2D eigenvalue weighted by Gasteiger charge is -2.05. The molecule has 0 amide bonds. The van der Waals surface area contributed by atoms with Gasteiger partial charge in [0.15, 0.2) is 5.76 Å². The van der Waals surface area contributed by atoms with Gasteiger partial charge in [0, 0.05) is 0 Å². The lowest BCUT2D eigenvalue weighted by molar-refractivity contribution is -0.135. The third-order valence-corrected chi connectivity index (χ3v) is 2.22. The van der Waals surface area contributed by atoms with E-state index in [1.54, 1.807) is 12.1 Å². The molecule has 82 valence electrons. The van der Waals surface area contributed by atoms with Gasteiger partial charge >= 0.3 is 11.9 Å². The third-order valence-electron chi connectivity index (χ3n) is 2.22. The number of hydrogen-bond acceptors (Lipinski definition) is 4. The Morgan fingerprint density at radius 3 is 2.75 bits per heavy atom. The summed E-state index contributed by atoms with van der Waals surface area (Å²) in [6, 6.07) is 7.10. The molecule has 0 aliphatic carbocycles. The minimum atomic E-state index is -0.479. The molecule has 1 aliphatic rings. The van der Waals surface area contributed by atoms with Crippen LogP contribution in [0.4, 0.5) is 0 Å². The molecule has 0 saturated carbocycles. The van der Waals surface area contributed by atoms with Crippen LogP contribution in [0.2, 0.25) is 0 Å². The van der Waals surface area contributed by atoms with Gasteiger partial charge in [-0.25, -0.2) is 9.59 Å². The summed E-state index contributed by atoms with van der Waals surface area (Å²) in [5.74, 6) is -0.700. The van der Waals surface area contributed by atoms with Crippen molar-refractivity contribution in [2.75, 3.05) is 6.61 Å². The Kier molecular flexibility index (Phi) is 2.72. The Labute approximate surface area is 92.5 Å². The third kappa shape index (κ3) is 2.11. The number of ether oxygens (including phenoxy) is 2. The molecule has 1 aromatic rings. The summed E-state index contributed by atoms with van der Waals surface area (Å²) in [7, 11) is 0. The van der Waals surface area contributed by atoms with E-state index in [9.17, 15) is 9.59 Å². The molecule has 0 aromatic heterocycles. The highest BCUT2D eigenvalue weighted by molar-refractivity contribution is 5.93. The van der Waals surface area contributed by atoms with Crippen molar-refractivity contribution in [3.63, 3.8) is 0 Å². The van der Waals surface area contributed by atoms with E-state index in [4.69, 9.17) is 4.74 Å². The predicted octanol–water partition coefficient (Wildman–Crippen LogP) is 1.59. The van der Waals surface area contributed by atoms with Gasteiger partial charge in [-0.3, -0.25) is 0 Å². The Morgan fingerprint density at radius 1 is 1.38 bits per heavy atom. The van der Waals surface area contributed by atoms with Crippen molar-refractivity contribution in [2.24, 2.45) is 0 Å². The van der Waals surface area contributed by atoms with Crippen molar-refractivity contribution in [2.45, 2.75) is 6.92 Å². The molecule has 4 nitrogen and oxygen atoms in total. The van der Waals surface area contributed by atoms with Crippen LogP contribution in [0.25, 0.3) is 0 Å². The van der Waals surface area contributed by atoms with Gasteiger partial charge in [0.2, 0.25) is 0 Å². The largest absolute Gasteiger partial charge is 0.454 e. The fraction of sp³-hybridized carbons (Fsp3) is 0.167. The van der Waals surface area contributed by atoms with Crippen LogP contribution in [0.1, 0.15) is 15.9 Å². The molecule has 1 heterocycles. The number of benzene rings is 1. The Bertz CT molecular complexity index is 474. The van der Waals surface area contributed by atoms with Crippen molar-refractivity contribution in [1.29, 1.82) is 0 Å². The molecule has 0 bridgehead atoms. The molecule has 4 heteroatoms. The molecule has 0 spiro atoms.